The highest BCUT2D eigenvalue weighted by molar-refractivity contribution is 6.75. The lowest BCUT2D eigenvalue weighted by Crippen LogP contribution is -2.63. The van der Waals surface area contributed by atoms with Gasteiger partial charge in [0.15, 0.2) is 43.3 Å². The second kappa shape index (κ2) is 9.77. The molecule has 0 aliphatic carbocycles. The van der Waals surface area contributed by atoms with Crippen LogP contribution in [0.25, 0.3) is 0 Å². The zero-order valence-corrected chi connectivity index (χ0v) is 26.9. The minimum absolute atomic E-state index is 0.0253. The molecule has 0 N–H and O–H groups in total. The fourth-order valence-electron chi connectivity index (χ4n) is 2.68. The van der Waals surface area contributed by atoms with Gasteiger partial charge in [-0.1, -0.05) is 62.3 Å². The average Bonchev–Trinajstić information content (AvgIpc) is 2.56. The first-order valence-electron chi connectivity index (χ1n) is 12.2. The molecule has 1 fully saturated rings. The molecule has 1 saturated heterocycles. The Kier molecular flexibility index (Phi) is 9.16. The van der Waals surface area contributed by atoms with Gasteiger partial charge in [-0.3, -0.25) is 0 Å². The SMILES string of the molecule is CC(C)(C)[Si](C)(C)OC[C@H]1OC(=O)[C@H](O[Si](C)(C)C(C)(C)C)[C@@H](O[Si](C)(C)C(C)(C)C)[C@@H]1F. The fraction of sp³-hybridized carbons (Fsp3) is 0.958. The largest absolute Gasteiger partial charge is 0.455 e. The number of esters is 1. The van der Waals surface area contributed by atoms with Crippen molar-refractivity contribution >= 4 is 30.9 Å². The van der Waals surface area contributed by atoms with E-state index in [0.29, 0.717) is 0 Å². The number of carbonyl (C=O) groups is 1. The van der Waals surface area contributed by atoms with E-state index in [1.54, 1.807) is 0 Å². The summed E-state index contributed by atoms with van der Waals surface area (Å²) in [6, 6.07) is 0. The van der Waals surface area contributed by atoms with Crippen LogP contribution in [0, 0.1) is 0 Å². The van der Waals surface area contributed by atoms with Crippen LogP contribution in [-0.4, -0.2) is 62.0 Å². The zero-order valence-electron chi connectivity index (χ0n) is 23.9. The summed E-state index contributed by atoms with van der Waals surface area (Å²) in [5, 5.41) is -0.297. The molecule has 0 bridgehead atoms. The van der Waals surface area contributed by atoms with E-state index in [-0.39, 0.29) is 21.7 Å². The monoisotopic (exact) mass is 522 g/mol. The number of alkyl halides is 1. The van der Waals surface area contributed by atoms with E-state index in [9.17, 15) is 4.79 Å². The molecule has 1 rings (SSSR count). The topological polar surface area (TPSA) is 54.0 Å². The first-order chi connectivity index (χ1) is 14.3. The summed E-state index contributed by atoms with van der Waals surface area (Å²) in [5.41, 5.74) is 0. The van der Waals surface area contributed by atoms with Crippen molar-refractivity contribution in [2.24, 2.45) is 0 Å². The van der Waals surface area contributed by atoms with E-state index in [4.69, 9.17) is 18.0 Å². The van der Waals surface area contributed by atoms with Crippen LogP contribution in [0.5, 0.6) is 0 Å². The normalized spacial score (nSPS) is 26.4. The van der Waals surface area contributed by atoms with Gasteiger partial charge in [-0.15, -0.1) is 0 Å². The molecule has 1 aliphatic heterocycles. The smallest absolute Gasteiger partial charge is 0.337 e. The van der Waals surface area contributed by atoms with Gasteiger partial charge in [-0.25, -0.2) is 9.18 Å². The number of carbonyl (C=O) groups excluding carboxylic acids is 1. The van der Waals surface area contributed by atoms with Crippen molar-refractivity contribution in [2.75, 3.05) is 6.61 Å². The summed E-state index contributed by atoms with van der Waals surface area (Å²) >= 11 is 0. The number of halogens is 1. The third-order valence-electron chi connectivity index (χ3n) is 8.35. The minimum atomic E-state index is -2.39. The summed E-state index contributed by atoms with van der Waals surface area (Å²) in [6.45, 7) is 31.5. The molecule has 0 aromatic carbocycles. The maximum Gasteiger partial charge on any atom is 0.337 e. The number of hydrogen-bond donors (Lipinski definition) is 0. The Bertz CT molecular complexity index is 690. The van der Waals surface area contributed by atoms with Crippen LogP contribution in [-0.2, 0) is 22.8 Å². The van der Waals surface area contributed by atoms with Crippen LogP contribution >= 0.6 is 0 Å². The molecule has 0 spiro atoms. The van der Waals surface area contributed by atoms with Crippen molar-refractivity contribution in [1.29, 1.82) is 0 Å². The minimum Gasteiger partial charge on any atom is -0.455 e. The maximum atomic E-state index is 16.1. The van der Waals surface area contributed by atoms with Crippen molar-refractivity contribution in [1.82, 2.24) is 0 Å². The van der Waals surface area contributed by atoms with Gasteiger partial charge in [0.25, 0.3) is 0 Å². The van der Waals surface area contributed by atoms with Gasteiger partial charge in [0, 0.05) is 0 Å². The van der Waals surface area contributed by atoms with Crippen molar-refractivity contribution in [2.45, 2.75) is 141 Å². The lowest BCUT2D eigenvalue weighted by atomic mass is 10.0. The standard InChI is InChI=1S/C24H51FO5Si3/c1-22(2,3)31(10,11)27-16-17-18(25)19(29-32(12,13)23(4,5)6)20(21(26)28-17)30-33(14,15)24(7,8)9/h17-20H,16H2,1-15H3/t17-,18-,19+,20-/m1/s1. The summed E-state index contributed by atoms with van der Waals surface area (Å²) in [4.78, 5) is 13.2. The third-order valence-corrected chi connectivity index (χ3v) is 21.8. The molecule has 196 valence electrons. The Hall–Kier alpha value is -0.0694. The van der Waals surface area contributed by atoms with Crippen LogP contribution in [0.4, 0.5) is 4.39 Å². The molecule has 33 heavy (non-hydrogen) atoms. The molecule has 0 aromatic rings. The third kappa shape index (κ3) is 7.22. The molecule has 5 nitrogen and oxygen atoms in total. The molecule has 0 aromatic heterocycles. The van der Waals surface area contributed by atoms with Crippen molar-refractivity contribution < 1.29 is 27.2 Å². The van der Waals surface area contributed by atoms with E-state index in [2.05, 4.69) is 102 Å². The molecule has 1 heterocycles. The van der Waals surface area contributed by atoms with Crippen molar-refractivity contribution in [3.8, 4) is 0 Å². The second-order valence-electron chi connectivity index (χ2n) is 14.1. The highest BCUT2D eigenvalue weighted by Gasteiger charge is 2.55. The second-order valence-corrected chi connectivity index (χ2v) is 28.5. The Labute approximate surface area is 205 Å². The molecule has 9 heteroatoms. The number of ether oxygens (including phenoxy) is 1. The van der Waals surface area contributed by atoms with E-state index >= 15 is 4.39 Å². The summed E-state index contributed by atoms with van der Waals surface area (Å²) < 4.78 is 40.9. The number of hydrogen-bond acceptors (Lipinski definition) is 5. The zero-order chi connectivity index (χ0) is 26.4. The van der Waals surface area contributed by atoms with Crippen molar-refractivity contribution in [3.05, 3.63) is 0 Å². The van der Waals surface area contributed by atoms with Gasteiger partial charge in [-0.05, 0) is 54.4 Å². The van der Waals surface area contributed by atoms with Crippen LogP contribution < -0.4 is 0 Å². The predicted molar refractivity (Wildman–Crippen MR) is 142 cm³/mol. The number of rotatable bonds is 7. The van der Waals surface area contributed by atoms with Gasteiger partial charge in [0.1, 0.15) is 6.10 Å². The first-order valence-corrected chi connectivity index (χ1v) is 20.9. The summed E-state index contributed by atoms with van der Waals surface area (Å²) in [6.07, 6.45) is -4.59. The molecule has 0 amide bonds. The van der Waals surface area contributed by atoms with Crippen LogP contribution in [0.15, 0.2) is 0 Å². The van der Waals surface area contributed by atoms with E-state index in [1.807, 2.05) is 0 Å². The fourth-order valence-corrected chi connectivity index (χ4v) is 6.20. The van der Waals surface area contributed by atoms with Gasteiger partial charge in [0.05, 0.1) is 6.61 Å². The molecule has 0 radical (unpaired) electrons. The Balaban J connectivity index is 3.29. The van der Waals surface area contributed by atoms with Gasteiger partial charge < -0.3 is 18.0 Å². The molecule has 0 unspecified atom stereocenters. The predicted octanol–water partition coefficient (Wildman–Crippen LogP) is 7.05. The average molecular weight is 523 g/mol. The van der Waals surface area contributed by atoms with Crippen LogP contribution in [0.2, 0.25) is 54.4 Å². The lowest BCUT2D eigenvalue weighted by Gasteiger charge is -2.48. The summed E-state index contributed by atoms with van der Waals surface area (Å²) in [5.74, 6) is -0.540. The Morgan fingerprint density at radius 2 is 1.15 bits per heavy atom. The van der Waals surface area contributed by atoms with E-state index in [0.717, 1.165) is 0 Å². The molecule has 0 saturated carbocycles. The van der Waals surface area contributed by atoms with Gasteiger partial charge in [-0.2, -0.15) is 0 Å². The van der Waals surface area contributed by atoms with Crippen LogP contribution in [0.3, 0.4) is 0 Å². The highest BCUT2D eigenvalue weighted by atomic mass is 28.4. The van der Waals surface area contributed by atoms with E-state index in [1.165, 1.54) is 0 Å². The number of cyclic esters (lactones) is 1. The lowest BCUT2D eigenvalue weighted by molar-refractivity contribution is -0.192. The van der Waals surface area contributed by atoms with E-state index < -0.39 is 55.4 Å². The molecular formula is C24H51FO5Si3. The first kappa shape index (κ1) is 31.0. The Morgan fingerprint density at radius 3 is 1.55 bits per heavy atom. The summed E-state index contributed by atoms with van der Waals surface area (Å²) in [7, 11) is -6.90. The quantitative estimate of drug-likeness (QED) is 0.265. The molecule has 1 aliphatic rings. The molecule has 4 atom stereocenters. The Morgan fingerprint density at radius 1 is 0.758 bits per heavy atom. The van der Waals surface area contributed by atoms with Crippen LogP contribution in [0.1, 0.15) is 62.3 Å². The van der Waals surface area contributed by atoms with Gasteiger partial charge >= 0.3 is 5.97 Å². The van der Waals surface area contributed by atoms with Gasteiger partial charge in [0.2, 0.25) is 0 Å². The molecular weight excluding hydrogens is 472 g/mol. The maximum absolute atomic E-state index is 16.1. The van der Waals surface area contributed by atoms with Crippen molar-refractivity contribution in [3.63, 3.8) is 0 Å². The highest BCUT2D eigenvalue weighted by Crippen LogP contribution is 2.43.